The van der Waals surface area contributed by atoms with Crippen LogP contribution in [0.1, 0.15) is 87.0 Å². The van der Waals surface area contributed by atoms with Crippen molar-refractivity contribution in [2.24, 2.45) is 13.0 Å². The van der Waals surface area contributed by atoms with E-state index in [1.807, 2.05) is 48.7 Å². The summed E-state index contributed by atoms with van der Waals surface area (Å²) in [4.78, 5) is 34.5. The summed E-state index contributed by atoms with van der Waals surface area (Å²) >= 11 is 13.7. The van der Waals surface area contributed by atoms with Crippen molar-refractivity contribution in [1.82, 2.24) is 19.2 Å². The van der Waals surface area contributed by atoms with E-state index in [4.69, 9.17) is 33.0 Å². The lowest BCUT2D eigenvalue weighted by Crippen LogP contribution is -2.61. The molecule has 3 aromatic rings. The molecule has 2 aromatic heterocycles. The molecule has 0 spiro atoms. The van der Waals surface area contributed by atoms with Crippen LogP contribution in [0.4, 0.5) is 11.4 Å². The number of carboxylic acid groups (broad SMARTS) is 1. The molecule has 8 rings (SSSR count). The molecule has 1 amide bonds. The van der Waals surface area contributed by atoms with Crippen molar-refractivity contribution >= 4 is 52.5 Å². The number of anilines is 2. The topological polar surface area (TPSA) is 96.1 Å². The molecule has 1 aromatic carbocycles. The number of rotatable bonds is 10. The van der Waals surface area contributed by atoms with Crippen LogP contribution in [0, 0.1) is 19.8 Å². The molecule has 5 heterocycles. The van der Waals surface area contributed by atoms with Gasteiger partial charge in [0.15, 0.2) is 0 Å². The lowest BCUT2D eigenvalue weighted by atomic mass is 9.87. The molecule has 5 aliphatic rings. The van der Waals surface area contributed by atoms with E-state index < -0.39 is 17.9 Å². The van der Waals surface area contributed by atoms with E-state index in [2.05, 4.69) is 60.5 Å². The van der Waals surface area contributed by atoms with Gasteiger partial charge in [0.25, 0.3) is 0 Å². The minimum absolute atomic E-state index is 0.0264. The van der Waals surface area contributed by atoms with Crippen molar-refractivity contribution < 1.29 is 19.4 Å². The number of amides is 1. The van der Waals surface area contributed by atoms with E-state index >= 15 is 4.79 Å². The van der Waals surface area contributed by atoms with Gasteiger partial charge in [-0.2, -0.15) is 5.10 Å². The van der Waals surface area contributed by atoms with Gasteiger partial charge in [-0.15, -0.1) is 0 Å². The quantitative estimate of drug-likeness (QED) is 0.207. The van der Waals surface area contributed by atoms with Crippen LogP contribution in [0.15, 0.2) is 46.7 Å². The molecule has 2 aliphatic carbocycles. The first kappa shape index (κ1) is 39.0. The van der Waals surface area contributed by atoms with Gasteiger partial charge in [0.1, 0.15) is 6.04 Å². The van der Waals surface area contributed by atoms with E-state index in [1.54, 1.807) is 0 Å². The molecule has 12 heteroatoms. The number of fused-ring (bicyclic) bond motifs is 4. The fourth-order valence-electron chi connectivity index (χ4n) is 10.2. The zero-order valence-electron chi connectivity index (χ0n) is 33.6. The standard InChI is InChI=1S/C44H54Cl2N6O4/c1-24-18-31(19-25(2)40(24)46)56-17-9-11-32-33-13-14-35(45)39(38-27(4)47-49(7)28(38)5)41(33)52-26(3)21-51(43(53)42(32)52)37-23-50(22-30-10-8-16-48(30)6)36-15-12-29(44(54)55)20-34(36)37/h12-15,18,23,26,29-32,42H,8-11,16-17,19-22H2,1-7H3,(H,54,55)/t26-,29?,30?,31?,32?,42?/m1/s1. The molecule has 1 N–H and O–H groups in total. The molecule has 10 nitrogen and oxygen atoms in total. The Kier molecular flexibility index (Phi) is 10.6. The minimum atomic E-state index is -0.849. The number of aryl methyl sites for hydroxylation is 2. The SMILES string of the molecule is CC1=CC(OCCCC2c3ccc(Cl)c(-c4c(C)nn(C)c4C)c3N3C2C(=O)N(c2cn(CC4CCCN4C)c4c2CC(C(=O)O)C=C4)C[C@H]3C)CC(C)=C1Cl. The maximum atomic E-state index is 15.4. The summed E-state index contributed by atoms with van der Waals surface area (Å²) in [5.74, 6) is -1.57. The van der Waals surface area contributed by atoms with Crippen LogP contribution in [-0.2, 0) is 34.3 Å². The number of likely N-dealkylation sites (tertiary alicyclic amines) is 1. The largest absolute Gasteiger partial charge is 0.481 e. The normalized spacial score (nSPS) is 26.2. The molecule has 0 radical (unpaired) electrons. The number of ether oxygens (including phenoxy) is 1. The zero-order valence-corrected chi connectivity index (χ0v) is 35.1. The highest BCUT2D eigenvalue weighted by Crippen LogP contribution is 2.54. The van der Waals surface area contributed by atoms with Crippen LogP contribution in [0.25, 0.3) is 17.2 Å². The third-order valence-electron chi connectivity index (χ3n) is 13.2. The van der Waals surface area contributed by atoms with Gasteiger partial charge in [0.2, 0.25) is 5.91 Å². The maximum absolute atomic E-state index is 15.4. The zero-order chi connectivity index (χ0) is 39.7. The third-order valence-corrected chi connectivity index (χ3v) is 14.1. The first-order valence-electron chi connectivity index (χ1n) is 20.2. The van der Waals surface area contributed by atoms with Gasteiger partial charge in [-0.05, 0) is 110 Å². The summed E-state index contributed by atoms with van der Waals surface area (Å²) in [7, 11) is 4.13. The number of hydrogen-bond donors (Lipinski definition) is 1. The van der Waals surface area contributed by atoms with Crippen molar-refractivity contribution in [3.63, 3.8) is 0 Å². The number of carboxylic acids is 1. The summed E-state index contributed by atoms with van der Waals surface area (Å²) in [6.45, 7) is 13.3. The average molecular weight is 802 g/mol. The molecule has 5 unspecified atom stereocenters. The molecule has 2 saturated heterocycles. The first-order chi connectivity index (χ1) is 26.7. The van der Waals surface area contributed by atoms with Gasteiger partial charge in [-0.25, -0.2) is 0 Å². The third kappa shape index (κ3) is 6.64. The summed E-state index contributed by atoms with van der Waals surface area (Å²) in [6, 6.07) is 3.97. The van der Waals surface area contributed by atoms with Gasteiger partial charge >= 0.3 is 5.97 Å². The number of aliphatic carboxylic acids is 1. The Balaban J connectivity index is 1.17. The van der Waals surface area contributed by atoms with E-state index in [0.717, 1.165) is 112 Å². The van der Waals surface area contributed by atoms with Crippen molar-refractivity contribution in [2.45, 2.75) is 110 Å². The number of halogens is 2. The molecule has 3 aliphatic heterocycles. The Bertz CT molecular complexity index is 2180. The maximum Gasteiger partial charge on any atom is 0.310 e. The number of benzene rings is 1. The number of carbonyl (C=O) groups excluding carboxylic acids is 1. The Morgan fingerprint density at radius 1 is 1.09 bits per heavy atom. The van der Waals surface area contributed by atoms with E-state index in [1.165, 1.54) is 0 Å². The highest BCUT2D eigenvalue weighted by Gasteiger charge is 2.52. The fourth-order valence-corrected chi connectivity index (χ4v) is 10.6. The molecule has 2 fully saturated rings. The Morgan fingerprint density at radius 2 is 1.88 bits per heavy atom. The van der Waals surface area contributed by atoms with Gasteiger partial charge in [-0.3, -0.25) is 14.3 Å². The summed E-state index contributed by atoms with van der Waals surface area (Å²) in [5, 5.41) is 16.3. The molecule has 6 atom stereocenters. The highest BCUT2D eigenvalue weighted by atomic mass is 35.5. The van der Waals surface area contributed by atoms with Crippen molar-refractivity contribution in [2.75, 3.05) is 36.5 Å². The Morgan fingerprint density at radius 3 is 2.55 bits per heavy atom. The second kappa shape index (κ2) is 15.2. The predicted molar refractivity (Wildman–Crippen MR) is 224 cm³/mol. The molecular weight excluding hydrogens is 747 g/mol. The summed E-state index contributed by atoms with van der Waals surface area (Å²) in [5.41, 5.74) is 11.0. The van der Waals surface area contributed by atoms with Crippen LogP contribution < -0.4 is 9.80 Å². The second-order valence-corrected chi connectivity index (χ2v) is 17.6. The lowest BCUT2D eigenvalue weighted by molar-refractivity contribution is -0.140. The van der Waals surface area contributed by atoms with Crippen LogP contribution >= 0.6 is 23.2 Å². The lowest BCUT2D eigenvalue weighted by Gasteiger charge is -2.45. The van der Waals surface area contributed by atoms with Crippen LogP contribution in [0.2, 0.25) is 5.02 Å². The highest BCUT2D eigenvalue weighted by molar-refractivity contribution is 6.34. The van der Waals surface area contributed by atoms with Gasteiger partial charge < -0.3 is 29.1 Å². The van der Waals surface area contributed by atoms with Gasteiger partial charge in [-0.1, -0.05) is 47.0 Å². The summed E-state index contributed by atoms with van der Waals surface area (Å²) < 4.78 is 10.6. The fraction of sp³-hybridized carbons (Fsp3) is 0.523. The molecule has 0 bridgehead atoms. The number of allylic oxidation sites excluding steroid dienone is 2. The summed E-state index contributed by atoms with van der Waals surface area (Å²) in [6.07, 6.45) is 12.9. The number of nitrogens with zero attached hydrogens (tertiary/aromatic N) is 6. The van der Waals surface area contributed by atoms with Crippen molar-refractivity contribution in [3.05, 3.63) is 79.9 Å². The molecule has 298 valence electrons. The Hall–Kier alpha value is -3.83. The number of aromatic nitrogens is 3. The van der Waals surface area contributed by atoms with Crippen LogP contribution in [0.5, 0.6) is 0 Å². The number of hydrogen-bond acceptors (Lipinski definition) is 6. The van der Waals surface area contributed by atoms with E-state index in [-0.39, 0.29) is 24.0 Å². The molecular formula is C44H54Cl2N6O4. The van der Waals surface area contributed by atoms with Crippen LogP contribution in [-0.4, -0.2) is 87.2 Å². The van der Waals surface area contributed by atoms with E-state index in [9.17, 15) is 9.90 Å². The second-order valence-electron chi connectivity index (χ2n) is 16.8. The minimum Gasteiger partial charge on any atom is -0.481 e. The smallest absolute Gasteiger partial charge is 0.310 e. The number of likely N-dealkylation sites (N-methyl/N-ethyl adjacent to an activating group) is 1. The monoisotopic (exact) mass is 800 g/mol. The predicted octanol–water partition coefficient (Wildman–Crippen LogP) is 8.26. The van der Waals surface area contributed by atoms with E-state index in [0.29, 0.717) is 30.6 Å². The first-order valence-corrected chi connectivity index (χ1v) is 20.9. The molecule has 56 heavy (non-hydrogen) atoms. The molecule has 0 saturated carbocycles. The van der Waals surface area contributed by atoms with Gasteiger partial charge in [0.05, 0.1) is 34.1 Å². The number of carbonyl (C=O) groups is 2. The van der Waals surface area contributed by atoms with Gasteiger partial charge in [0, 0.05) is 84.1 Å². The van der Waals surface area contributed by atoms with Crippen LogP contribution in [0.3, 0.4) is 0 Å². The van der Waals surface area contributed by atoms with Crippen molar-refractivity contribution in [3.8, 4) is 11.1 Å². The average Bonchev–Trinajstić information content (AvgIpc) is 3.89. The number of piperazine rings is 1. The Labute approximate surface area is 340 Å². The van der Waals surface area contributed by atoms with Crippen molar-refractivity contribution in [1.29, 1.82) is 0 Å².